The van der Waals surface area contributed by atoms with Crippen molar-refractivity contribution in [3.05, 3.63) is 58.7 Å². The smallest absolute Gasteiger partial charge is 0.0656 e. The zero-order chi connectivity index (χ0) is 50.1. The van der Waals surface area contributed by atoms with E-state index in [-0.39, 0.29) is 0 Å². The van der Waals surface area contributed by atoms with Crippen LogP contribution >= 0.6 is 0 Å². The first-order chi connectivity index (χ1) is 28.1. The number of benzene rings is 3. The van der Waals surface area contributed by atoms with E-state index in [4.69, 9.17) is 0 Å². The van der Waals surface area contributed by atoms with E-state index in [0.29, 0.717) is 5.54 Å². The van der Waals surface area contributed by atoms with Crippen molar-refractivity contribution in [2.45, 2.75) is 210 Å². The van der Waals surface area contributed by atoms with Gasteiger partial charge in [-0.15, -0.1) is 0 Å². The molecule has 0 saturated heterocycles. The molecule has 1 aliphatic rings. The van der Waals surface area contributed by atoms with Crippen LogP contribution in [0.15, 0.2) is 58.7 Å². The van der Waals surface area contributed by atoms with E-state index >= 15 is 0 Å². The first-order valence-electron chi connectivity index (χ1n) is 25.1. The maximum Gasteiger partial charge on any atom is 0.158 e. The highest BCUT2D eigenvalue weighted by Gasteiger charge is 2.56. The molecule has 356 valence electrons. The minimum atomic E-state index is -3.14. The van der Waals surface area contributed by atoms with Gasteiger partial charge in [-0.3, -0.25) is 0 Å². The summed E-state index contributed by atoms with van der Waals surface area (Å²) in [6.45, 7) is 82.5. The average molecular weight is 1030 g/mol. The molecule has 0 amide bonds. The van der Waals surface area contributed by atoms with E-state index in [0.717, 1.165) is 0 Å². The van der Waals surface area contributed by atoms with Crippen LogP contribution in [0.25, 0.3) is 0 Å². The molecule has 0 bridgehead atoms. The SMILES string of the molecule is CC1=C(C)C([Si](c2cc([Si](C)(C)C)c([Si](C)(C)C)cc2[Si](C)(C)C)(c2cc([Si](C)(C)C)c([Si](C)(C)C)cc2[Si](C)(C)C)c2cc([Si](C)(C)C)c([Si](C)(C)C)cc2[Si](C)(C)C)C(C)=C1C. The second-order valence-electron chi connectivity index (χ2n) is 29.9. The minimum Gasteiger partial charge on any atom is -0.0656 e. The summed E-state index contributed by atoms with van der Waals surface area (Å²) in [6, 6.07) is 18.0. The fourth-order valence-corrected chi connectivity index (χ4v) is 43.3. The Morgan fingerprint density at radius 2 is 0.344 bits per heavy atom. The maximum absolute atomic E-state index is 3.14. The molecule has 64 heavy (non-hydrogen) atoms. The van der Waals surface area contributed by atoms with Crippen LogP contribution in [-0.4, -0.2) is 80.7 Å². The highest BCUT2D eigenvalue weighted by Crippen LogP contribution is 2.46. The van der Waals surface area contributed by atoms with Crippen LogP contribution in [0, 0.1) is 0 Å². The van der Waals surface area contributed by atoms with Crippen LogP contribution in [0.3, 0.4) is 0 Å². The normalized spacial score (nSPS) is 16.2. The van der Waals surface area contributed by atoms with Gasteiger partial charge in [0.05, 0.1) is 72.7 Å². The molecule has 0 fully saturated rings. The van der Waals surface area contributed by atoms with Gasteiger partial charge in [0.1, 0.15) is 0 Å². The molecular formula is C54H100Si10. The largest absolute Gasteiger partial charge is 0.158 e. The average Bonchev–Trinajstić information content (AvgIpc) is 3.26. The summed E-state index contributed by atoms with van der Waals surface area (Å²) in [5, 5.41) is 21.5. The topological polar surface area (TPSA) is 0 Å². The van der Waals surface area contributed by atoms with E-state index in [1.54, 1.807) is 69.0 Å². The third-order valence-electron chi connectivity index (χ3n) is 15.1. The molecule has 0 saturated carbocycles. The van der Waals surface area contributed by atoms with Gasteiger partial charge >= 0.3 is 0 Å². The van der Waals surface area contributed by atoms with E-state index in [2.05, 4.69) is 241 Å². The van der Waals surface area contributed by atoms with E-state index in [1.807, 2.05) is 15.6 Å². The fraction of sp³-hybridized carbons (Fsp3) is 0.593. The molecule has 0 N–H and O–H groups in total. The van der Waals surface area contributed by atoms with Crippen LogP contribution in [0.5, 0.6) is 0 Å². The van der Waals surface area contributed by atoms with Gasteiger partial charge in [-0.05, 0) is 54.4 Å². The van der Waals surface area contributed by atoms with Crippen molar-refractivity contribution in [1.29, 1.82) is 0 Å². The standard InChI is InChI=1S/C54H100Si10/c1-38-39(2)41(4)54(40(38)3)64(51-35-45(58(14,15)16)42(55(5,6)7)32-48(51)61(23,24)25,52-36-46(59(17,18)19)43(56(8,9)10)33-49(52)62(26,27)28)53-37-47(60(20,21)22)44(57(11,12)13)34-50(53)63(29,30)31/h32-37,54H,1-31H3. The van der Waals surface area contributed by atoms with Crippen molar-refractivity contribution >= 4 is 143 Å². The Hall–Kier alpha value is -0.691. The highest BCUT2D eigenvalue weighted by atomic mass is 28.3. The second kappa shape index (κ2) is 17.3. The molecule has 0 spiro atoms. The van der Waals surface area contributed by atoms with Crippen molar-refractivity contribution in [3.8, 4) is 0 Å². The molecule has 3 aromatic carbocycles. The molecule has 0 aromatic heterocycles. The van der Waals surface area contributed by atoms with Gasteiger partial charge in [-0.1, -0.05) is 271 Å². The highest BCUT2D eigenvalue weighted by molar-refractivity contribution is 7.21. The van der Waals surface area contributed by atoms with Crippen molar-refractivity contribution in [2.75, 3.05) is 0 Å². The molecular weight excluding hydrogens is 929 g/mol. The van der Waals surface area contributed by atoms with Gasteiger partial charge in [0, 0.05) is 5.54 Å². The summed E-state index contributed by atoms with van der Waals surface area (Å²) >= 11 is 0. The Morgan fingerprint density at radius 1 is 0.219 bits per heavy atom. The Morgan fingerprint density at radius 3 is 0.484 bits per heavy atom. The summed E-state index contributed by atoms with van der Waals surface area (Å²) in [6.07, 6.45) is 0. The third-order valence-corrected chi connectivity index (χ3v) is 40.4. The molecule has 0 radical (unpaired) electrons. The number of hydrogen-bond donors (Lipinski definition) is 0. The summed E-state index contributed by atoms with van der Waals surface area (Å²) in [7, 11) is -19.8. The lowest BCUT2D eigenvalue weighted by molar-refractivity contribution is 1.09. The van der Waals surface area contributed by atoms with Crippen molar-refractivity contribution in [3.63, 3.8) is 0 Å². The molecule has 0 unspecified atom stereocenters. The van der Waals surface area contributed by atoms with Gasteiger partial charge in [-0.2, -0.15) is 0 Å². The monoisotopic (exact) mass is 1030 g/mol. The lowest BCUT2D eigenvalue weighted by Gasteiger charge is -2.49. The fourth-order valence-electron chi connectivity index (χ4n) is 11.3. The quantitative estimate of drug-likeness (QED) is 0.118. The molecule has 0 heterocycles. The Balaban J connectivity index is 2.85. The van der Waals surface area contributed by atoms with Crippen LogP contribution in [0.4, 0.5) is 0 Å². The van der Waals surface area contributed by atoms with Gasteiger partial charge in [0.2, 0.25) is 0 Å². The summed E-state index contributed by atoms with van der Waals surface area (Å²) < 4.78 is 0. The van der Waals surface area contributed by atoms with E-state index < -0.39 is 80.7 Å². The maximum atomic E-state index is 3.05. The number of hydrogen-bond acceptors (Lipinski definition) is 0. The third kappa shape index (κ3) is 10.6. The van der Waals surface area contributed by atoms with Gasteiger partial charge in [0.25, 0.3) is 0 Å². The summed E-state index contributed by atoms with van der Waals surface area (Å²) in [4.78, 5) is 0. The van der Waals surface area contributed by atoms with Crippen LogP contribution in [0.1, 0.15) is 27.7 Å². The lowest BCUT2D eigenvalue weighted by Crippen LogP contribution is -2.84. The summed E-state index contributed by atoms with van der Waals surface area (Å²) in [5.41, 5.74) is 6.83. The predicted octanol–water partition coefficient (Wildman–Crippen LogP) is 10.1. The van der Waals surface area contributed by atoms with Crippen LogP contribution in [-0.2, 0) is 0 Å². The zero-order valence-electron chi connectivity index (χ0n) is 48.0. The van der Waals surface area contributed by atoms with E-state index in [9.17, 15) is 0 Å². The first-order valence-corrected chi connectivity index (χ1v) is 58.7. The second-order valence-corrected chi connectivity index (χ2v) is 79.1. The molecule has 3 aromatic rings. The number of rotatable bonds is 13. The van der Waals surface area contributed by atoms with E-state index in [1.165, 1.54) is 0 Å². The Labute approximate surface area is 408 Å². The van der Waals surface area contributed by atoms with Crippen LogP contribution < -0.4 is 62.2 Å². The van der Waals surface area contributed by atoms with Crippen molar-refractivity contribution in [1.82, 2.24) is 0 Å². The molecule has 0 nitrogen and oxygen atoms in total. The molecule has 0 atom stereocenters. The minimum absolute atomic E-state index is 0.361. The molecule has 1 aliphatic carbocycles. The number of allylic oxidation sites excluding steroid dienone is 4. The molecule has 4 rings (SSSR count). The lowest BCUT2D eigenvalue weighted by atomic mass is 10.1. The predicted molar refractivity (Wildman–Crippen MR) is 331 cm³/mol. The van der Waals surface area contributed by atoms with Crippen molar-refractivity contribution in [2.24, 2.45) is 0 Å². The van der Waals surface area contributed by atoms with Gasteiger partial charge in [0.15, 0.2) is 8.07 Å². The zero-order valence-corrected chi connectivity index (χ0v) is 58.0. The molecule has 0 aliphatic heterocycles. The molecule has 10 heteroatoms. The van der Waals surface area contributed by atoms with Gasteiger partial charge in [-0.25, -0.2) is 0 Å². The van der Waals surface area contributed by atoms with Gasteiger partial charge < -0.3 is 0 Å². The van der Waals surface area contributed by atoms with Crippen LogP contribution in [0.2, 0.25) is 182 Å². The van der Waals surface area contributed by atoms with Crippen molar-refractivity contribution < 1.29 is 0 Å². The Kier molecular flexibility index (Phi) is 15.1. The first kappa shape index (κ1) is 55.9. The Bertz CT molecular complexity index is 2120. The summed E-state index contributed by atoms with van der Waals surface area (Å²) in [5.74, 6) is 0.